The molecule has 0 N–H and O–H groups in total. The van der Waals surface area contributed by atoms with Gasteiger partial charge in [-0.05, 0) is 24.4 Å². The molecule has 1 aromatic carbocycles. The molecule has 0 radical (unpaired) electrons. The van der Waals surface area contributed by atoms with Crippen LogP contribution in [-0.2, 0) is 4.57 Å². The molecule has 0 bridgehead atoms. The summed E-state index contributed by atoms with van der Waals surface area (Å²) in [5.74, 6) is 1.85. The largest absolute Gasteiger partial charge is 0.314 e. The van der Waals surface area contributed by atoms with Crippen LogP contribution in [0.1, 0.15) is 6.42 Å². The third kappa shape index (κ3) is 1.72. The highest BCUT2D eigenvalue weighted by Crippen LogP contribution is 2.50. The zero-order valence-electron chi connectivity index (χ0n) is 7.11. The lowest BCUT2D eigenvalue weighted by molar-refractivity contribution is 0.587. The minimum absolute atomic E-state index is 0.660. The summed E-state index contributed by atoms with van der Waals surface area (Å²) in [4.78, 5) is 0. The van der Waals surface area contributed by atoms with E-state index in [1.165, 1.54) is 0 Å². The minimum atomic E-state index is -2.21. The van der Waals surface area contributed by atoms with Gasteiger partial charge in [0.05, 0.1) is 0 Å². The molecule has 1 atom stereocenters. The number of rotatable bonds is 1. The smallest absolute Gasteiger partial charge is 0.136 e. The topological polar surface area (TPSA) is 17.1 Å². The second-order valence-electron chi connectivity index (χ2n) is 3.17. The van der Waals surface area contributed by atoms with E-state index in [1.807, 2.05) is 24.0 Å². The predicted octanol–water partition coefficient (Wildman–Crippen LogP) is 3.25. The lowest BCUT2D eigenvalue weighted by Crippen LogP contribution is -2.02. The van der Waals surface area contributed by atoms with Crippen molar-refractivity contribution >= 4 is 24.0 Å². The summed E-state index contributed by atoms with van der Waals surface area (Å²) in [5, 5.41) is 1.54. The van der Waals surface area contributed by atoms with Gasteiger partial charge in [-0.3, -0.25) is 0 Å². The van der Waals surface area contributed by atoms with Gasteiger partial charge < -0.3 is 4.57 Å². The summed E-state index contributed by atoms with van der Waals surface area (Å²) in [7, 11) is -2.21. The van der Waals surface area contributed by atoms with Crippen LogP contribution in [-0.4, -0.2) is 6.16 Å². The fourth-order valence-corrected chi connectivity index (χ4v) is 4.08. The van der Waals surface area contributed by atoms with Crippen molar-refractivity contribution < 1.29 is 4.57 Å². The molecule has 0 spiro atoms. The molecule has 1 heterocycles. The highest BCUT2D eigenvalue weighted by atomic mass is 35.5. The molecule has 1 unspecified atom stereocenters. The number of hydrogen-bond donors (Lipinski definition) is 0. The van der Waals surface area contributed by atoms with Gasteiger partial charge in [-0.15, -0.1) is 0 Å². The average molecular weight is 213 g/mol. The SMILES string of the molecule is O=P1(c2cccc(Cl)c2)C=CCC1. The molecule has 68 valence electrons. The molecule has 0 amide bonds. The molecule has 0 aliphatic carbocycles. The van der Waals surface area contributed by atoms with E-state index in [9.17, 15) is 4.57 Å². The van der Waals surface area contributed by atoms with Crippen LogP contribution >= 0.6 is 18.7 Å². The van der Waals surface area contributed by atoms with Crippen LogP contribution in [0.4, 0.5) is 0 Å². The average Bonchev–Trinajstić information content (AvgIpc) is 2.54. The summed E-state index contributed by atoms with van der Waals surface area (Å²) >= 11 is 5.84. The summed E-state index contributed by atoms with van der Waals surface area (Å²) in [6.45, 7) is 0. The van der Waals surface area contributed by atoms with Crippen LogP contribution in [0.25, 0.3) is 0 Å². The van der Waals surface area contributed by atoms with Gasteiger partial charge in [0, 0.05) is 16.5 Å². The molecule has 3 heteroatoms. The van der Waals surface area contributed by atoms with Crippen molar-refractivity contribution in [3.05, 3.63) is 41.2 Å². The standard InChI is InChI=1S/C10H10ClOP/c11-9-4-3-5-10(8-9)13(12)6-1-2-7-13/h1,3-6,8H,2,7H2. The predicted molar refractivity (Wildman–Crippen MR) is 57.3 cm³/mol. The third-order valence-electron chi connectivity index (χ3n) is 2.22. The fraction of sp³-hybridized carbons (Fsp3) is 0.200. The van der Waals surface area contributed by atoms with Gasteiger partial charge in [-0.2, -0.15) is 0 Å². The van der Waals surface area contributed by atoms with Gasteiger partial charge in [0.25, 0.3) is 0 Å². The lowest BCUT2D eigenvalue weighted by Gasteiger charge is -2.09. The van der Waals surface area contributed by atoms with Crippen molar-refractivity contribution in [2.75, 3.05) is 6.16 Å². The molecule has 2 rings (SSSR count). The molecule has 1 nitrogen and oxygen atoms in total. The molecule has 0 saturated carbocycles. The number of benzene rings is 1. The van der Waals surface area contributed by atoms with Crippen LogP contribution in [0.2, 0.25) is 5.02 Å². The van der Waals surface area contributed by atoms with Gasteiger partial charge in [-0.25, -0.2) is 0 Å². The molecule has 0 saturated heterocycles. The van der Waals surface area contributed by atoms with Gasteiger partial charge in [0.1, 0.15) is 7.14 Å². The van der Waals surface area contributed by atoms with Crippen molar-refractivity contribution in [2.24, 2.45) is 0 Å². The van der Waals surface area contributed by atoms with Crippen molar-refractivity contribution in [1.29, 1.82) is 0 Å². The van der Waals surface area contributed by atoms with Gasteiger partial charge in [-0.1, -0.05) is 29.8 Å². The Bertz CT molecular complexity index is 398. The zero-order valence-corrected chi connectivity index (χ0v) is 8.76. The van der Waals surface area contributed by atoms with E-state index in [-0.39, 0.29) is 0 Å². The maximum atomic E-state index is 12.2. The zero-order chi connectivity index (χ0) is 9.31. The Kier molecular flexibility index (Phi) is 2.31. The highest BCUT2D eigenvalue weighted by molar-refractivity contribution is 7.74. The van der Waals surface area contributed by atoms with Crippen molar-refractivity contribution in [3.8, 4) is 0 Å². The molecule has 1 aliphatic heterocycles. The van der Waals surface area contributed by atoms with E-state index in [4.69, 9.17) is 11.6 Å². The van der Waals surface area contributed by atoms with E-state index in [0.29, 0.717) is 5.02 Å². The maximum Gasteiger partial charge on any atom is 0.136 e. The number of hydrogen-bond acceptors (Lipinski definition) is 1. The van der Waals surface area contributed by atoms with Crippen LogP contribution in [0.3, 0.4) is 0 Å². The van der Waals surface area contributed by atoms with Crippen molar-refractivity contribution in [1.82, 2.24) is 0 Å². The second-order valence-corrected chi connectivity index (χ2v) is 6.46. The van der Waals surface area contributed by atoms with Crippen LogP contribution in [0, 0.1) is 0 Å². The van der Waals surface area contributed by atoms with E-state index >= 15 is 0 Å². The maximum absolute atomic E-state index is 12.2. The first-order chi connectivity index (χ1) is 6.21. The van der Waals surface area contributed by atoms with Gasteiger partial charge in [0.15, 0.2) is 0 Å². The van der Waals surface area contributed by atoms with Crippen LogP contribution in [0.5, 0.6) is 0 Å². The van der Waals surface area contributed by atoms with Gasteiger partial charge in [0.2, 0.25) is 0 Å². The Balaban J connectivity index is 2.46. The van der Waals surface area contributed by atoms with Gasteiger partial charge >= 0.3 is 0 Å². The summed E-state index contributed by atoms with van der Waals surface area (Å²) < 4.78 is 12.2. The van der Waals surface area contributed by atoms with Crippen molar-refractivity contribution in [3.63, 3.8) is 0 Å². The molecule has 0 aromatic heterocycles. The Morgan fingerprint density at radius 3 is 2.85 bits per heavy atom. The minimum Gasteiger partial charge on any atom is -0.314 e. The summed E-state index contributed by atoms with van der Waals surface area (Å²) in [6.07, 6.45) is 3.67. The Morgan fingerprint density at radius 1 is 1.38 bits per heavy atom. The third-order valence-corrected chi connectivity index (χ3v) is 5.22. The first kappa shape index (κ1) is 9.05. The van der Waals surface area contributed by atoms with E-state index < -0.39 is 7.14 Å². The van der Waals surface area contributed by atoms with Crippen LogP contribution in [0.15, 0.2) is 36.2 Å². The molecule has 1 aliphatic rings. The molecular formula is C10H10ClOP. The lowest BCUT2D eigenvalue weighted by atomic mass is 10.4. The first-order valence-electron chi connectivity index (χ1n) is 4.23. The number of halogens is 1. The second kappa shape index (κ2) is 3.32. The Hall–Kier alpha value is -0.520. The first-order valence-corrected chi connectivity index (χ1v) is 6.57. The summed E-state index contributed by atoms with van der Waals surface area (Å²) in [5.41, 5.74) is 0. The molecular weight excluding hydrogens is 203 g/mol. The van der Waals surface area contributed by atoms with E-state index in [0.717, 1.165) is 17.9 Å². The summed E-state index contributed by atoms with van der Waals surface area (Å²) in [6, 6.07) is 7.35. The highest BCUT2D eigenvalue weighted by Gasteiger charge is 2.23. The molecule has 0 fully saturated rings. The Labute approximate surface area is 82.8 Å². The molecule has 13 heavy (non-hydrogen) atoms. The van der Waals surface area contributed by atoms with Crippen LogP contribution < -0.4 is 5.30 Å². The normalized spacial score (nSPS) is 26.5. The Morgan fingerprint density at radius 2 is 2.23 bits per heavy atom. The van der Waals surface area contributed by atoms with E-state index in [2.05, 4.69) is 0 Å². The number of allylic oxidation sites excluding steroid dienone is 1. The van der Waals surface area contributed by atoms with E-state index in [1.54, 1.807) is 12.1 Å². The van der Waals surface area contributed by atoms with Crippen molar-refractivity contribution in [2.45, 2.75) is 6.42 Å². The molecule has 1 aromatic rings. The fourth-order valence-electron chi connectivity index (χ4n) is 1.51. The quantitative estimate of drug-likeness (QED) is 0.653. The monoisotopic (exact) mass is 212 g/mol.